The summed E-state index contributed by atoms with van der Waals surface area (Å²) in [4.78, 5) is 15.3. The molecule has 0 bridgehead atoms. The van der Waals surface area contributed by atoms with Gasteiger partial charge in [0.15, 0.2) is 5.82 Å². The number of carbonyl (C=O) groups excluding carboxylic acids is 1. The van der Waals surface area contributed by atoms with Gasteiger partial charge in [0.25, 0.3) is 0 Å². The Balaban J connectivity index is 1.94. The number of hydrogen-bond acceptors (Lipinski definition) is 6. The quantitative estimate of drug-likeness (QED) is 0.739. The molecule has 0 fully saturated rings. The lowest BCUT2D eigenvalue weighted by Gasteiger charge is -2.10. The topological polar surface area (TPSA) is 114 Å². The molecular formula is C16H19F3N4O4S. The number of carbonyl (C=O) groups is 1. The summed E-state index contributed by atoms with van der Waals surface area (Å²) in [6.07, 6.45) is -4.68. The van der Waals surface area contributed by atoms with Crippen molar-refractivity contribution in [2.45, 2.75) is 43.8 Å². The van der Waals surface area contributed by atoms with Crippen LogP contribution in [0.25, 0.3) is 0 Å². The molecule has 1 aromatic carbocycles. The monoisotopic (exact) mass is 420 g/mol. The molecule has 0 aliphatic carbocycles. The zero-order valence-corrected chi connectivity index (χ0v) is 16.1. The number of nitrogens with zero attached hydrogens (tertiary/aromatic N) is 2. The molecular weight excluding hydrogens is 401 g/mol. The lowest BCUT2D eigenvalue weighted by atomic mass is 9.97. The van der Waals surface area contributed by atoms with E-state index in [1.54, 1.807) is 0 Å². The molecule has 0 radical (unpaired) electrons. The lowest BCUT2D eigenvalue weighted by Crippen LogP contribution is -2.36. The van der Waals surface area contributed by atoms with E-state index >= 15 is 0 Å². The van der Waals surface area contributed by atoms with Crippen LogP contribution in [0, 0.1) is 0 Å². The molecule has 12 heteroatoms. The molecule has 1 aromatic heterocycles. The number of aromatic nitrogens is 2. The maximum absolute atomic E-state index is 12.7. The van der Waals surface area contributed by atoms with Crippen LogP contribution in [-0.4, -0.2) is 31.0 Å². The Morgan fingerprint density at radius 1 is 1.21 bits per heavy atom. The van der Waals surface area contributed by atoms with Gasteiger partial charge in [-0.25, -0.2) is 13.1 Å². The number of amides is 1. The molecule has 0 atom stereocenters. The summed E-state index contributed by atoms with van der Waals surface area (Å²) in [7, 11) is -4.30. The van der Waals surface area contributed by atoms with E-state index in [4.69, 9.17) is 4.52 Å². The summed E-state index contributed by atoms with van der Waals surface area (Å²) in [6.45, 7) is 4.84. The van der Waals surface area contributed by atoms with Gasteiger partial charge in [-0.2, -0.15) is 18.2 Å². The van der Waals surface area contributed by atoms with Gasteiger partial charge in [0.2, 0.25) is 21.8 Å². The Labute approximate surface area is 159 Å². The zero-order valence-electron chi connectivity index (χ0n) is 15.3. The molecule has 2 rings (SSSR count). The number of nitrogens with one attached hydrogen (secondary N) is 2. The molecule has 8 nitrogen and oxygen atoms in total. The van der Waals surface area contributed by atoms with Crippen LogP contribution in [0.2, 0.25) is 0 Å². The number of hydrogen-bond donors (Lipinski definition) is 2. The average molecular weight is 420 g/mol. The van der Waals surface area contributed by atoms with Crippen LogP contribution in [0.3, 0.4) is 0 Å². The van der Waals surface area contributed by atoms with Gasteiger partial charge < -0.3 is 9.84 Å². The Morgan fingerprint density at radius 3 is 2.46 bits per heavy atom. The second-order valence-corrected chi connectivity index (χ2v) is 8.66. The van der Waals surface area contributed by atoms with E-state index in [9.17, 15) is 26.4 Å². The number of sulfonamides is 1. The summed E-state index contributed by atoms with van der Waals surface area (Å²) in [6, 6.07) is 3.22. The van der Waals surface area contributed by atoms with E-state index < -0.39 is 39.1 Å². The lowest BCUT2D eigenvalue weighted by molar-refractivity contribution is -0.137. The fraction of sp³-hybridized carbons (Fsp3) is 0.438. The Kier molecular flexibility index (Phi) is 6.14. The molecule has 0 spiro atoms. The molecule has 0 unspecified atom stereocenters. The third kappa shape index (κ3) is 5.76. The van der Waals surface area contributed by atoms with Crippen molar-refractivity contribution in [2.24, 2.45) is 0 Å². The van der Waals surface area contributed by atoms with Crippen LogP contribution in [0.4, 0.5) is 13.2 Å². The first-order chi connectivity index (χ1) is 12.8. The van der Waals surface area contributed by atoms with Crippen LogP contribution >= 0.6 is 0 Å². The molecule has 0 saturated carbocycles. The van der Waals surface area contributed by atoms with Crippen LogP contribution in [0.1, 0.15) is 38.0 Å². The number of halogens is 3. The Hall–Kier alpha value is -2.47. The average Bonchev–Trinajstić information content (AvgIpc) is 3.07. The first-order valence-corrected chi connectivity index (χ1v) is 9.54. The second-order valence-electron chi connectivity index (χ2n) is 6.89. The smallest absolute Gasteiger partial charge is 0.348 e. The van der Waals surface area contributed by atoms with Crippen molar-refractivity contribution in [1.82, 2.24) is 20.2 Å². The molecule has 1 heterocycles. The van der Waals surface area contributed by atoms with Crippen molar-refractivity contribution in [3.8, 4) is 0 Å². The molecule has 1 amide bonds. The standard InChI is InChI=1S/C16H19F3N4O4S/c1-15(2,3)14-22-12(23-27-14)8-20-13(24)9-21-28(25,26)11-6-4-5-10(7-11)16(17,18)19/h4-7,21H,8-9H2,1-3H3,(H,20,24). The fourth-order valence-corrected chi connectivity index (χ4v) is 2.98. The highest BCUT2D eigenvalue weighted by Crippen LogP contribution is 2.30. The van der Waals surface area contributed by atoms with Gasteiger partial charge in [0.05, 0.1) is 23.5 Å². The number of alkyl halides is 3. The number of benzene rings is 1. The summed E-state index contributed by atoms with van der Waals surface area (Å²) in [5, 5.41) is 6.09. The van der Waals surface area contributed by atoms with Crippen molar-refractivity contribution in [2.75, 3.05) is 6.54 Å². The second kappa shape index (κ2) is 7.87. The van der Waals surface area contributed by atoms with Crippen molar-refractivity contribution >= 4 is 15.9 Å². The van der Waals surface area contributed by atoms with Gasteiger partial charge in [-0.15, -0.1) is 0 Å². The Bertz CT molecular complexity index is 949. The van der Waals surface area contributed by atoms with Crippen LogP contribution in [-0.2, 0) is 33.0 Å². The fourth-order valence-electron chi connectivity index (χ4n) is 1.95. The molecule has 0 aliphatic heterocycles. The van der Waals surface area contributed by atoms with Gasteiger partial charge in [-0.05, 0) is 18.2 Å². The minimum atomic E-state index is -4.68. The highest BCUT2D eigenvalue weighted by molar-refractivity contribution is 7.89. The third-order valence-electron chi connectivity index (χ3n) is 3.45. The maximum atomic E-state index is 12.7. The van der Waals surface area contributed by atoms with E-state index in [0.29, 0.717) is 12.0 Å². The van der Waals surface area contributed by atoms with Gasteiger partial charge >= 0.3 is 6.18 Å². The first-order valence-electron chi connectivity index (χ1n) is 8.06. The van der Waals surface area contributed by atoms with E-state index in [0.717, 1.165) is 18.2 Å². The van der Waals surface area contributed by atoms with Crippen LogP contribution in [0.5, 0.6) is 0 Å². The van der Waals surface area contributed by atoms with E-state index in [1.807, 2.05) is 25.5 Å². The molecule has 0 saturated heterocycles. The predicted molar refractivity (Wildman–Crippen MR) is 91.5 cm³/mol. The summed E-state index contributed by atoms with van der Waals surface area (Å²) in [5.74, 6) is -0.126. The predicted octanol–water partition coefficient (Wildman–Crippen LogP) is 1.98. The molecule has 154 valence electrons. The van der Waals surface area contributed by atoms with Crippen LogP contribution < -0.4 is 10.0 Å². The number of rotatable bonds is 6. The third-order valence-corrected chi connectivity index (χ3v) is 4.85. The highest BCUT2D eigenvalue weighted by atomic mass is 32.2. The maximum Gasteiger partial charge on any atom is 0.416 e. The van der Waals surface area contributed by atoms with Crippen molar-refractivity contribution in [3.05, 3.63) is 41.5 Å². The van der Waals surface area contributed by atoms with Crippen molar-refractivity contribution in [3.63, 3.8) is 0 Å². The molecule has 2 aromatic rings. The first kappa shape index (κ1) is 21.8. The normalized spacial score (nSPS) is 12.8. The van der Waals surface area contributed by atoms with Gasteiger partial charge in [-0.1, -0.05) is 32.0 Å². The highest BCUT2D eigenvalue weighted by Gasteiger charge is 2.31. The van der Waals surface area contributed by atoms with Gasteiger partial charge in [0.1, 0.15) is 0 Å². The van der Waals surface area contributed by atoms with Crippen LogP contribution in [0.15, 0.2) is 33.7 Å². The SMILES string of the molecule is CC(C)(C)c1nc(CNC(=O)CNS(=O)(=O)c2cccc(C(F)(F)F)c2)no1. The zero-order chi connectivity index (χ0) is 21.2. The van der Waals surface area contributed by atoms with E-state index in [2.05, 4.69) is 15.5 Å². The molecule has 2 N–H and O–H groups in total. The minimum absolute atomic E-state index is 0.0936. The minimum Gasteiger partial charge on any atom is -0.348 e. The van der Waals surface area contributed by atoms with E-state index in [-0.39, 0.29) is 17.8 Å². The summed E-state index contributed by atoms with van der Waals surface area (Å²) >= 11 is 0. The molecule has 0 aliphatic rings. The van der Waals surface area contributed by atoms with Gasteiger partial charge in [-0.3, -0.25) is 4.79 Å². The largest absolute Gasteiger partial charge is 0.416 e. The van der Waals surface area contributed by atoms with E-state index in [1.165, 1.54) is 0 Å². The summed E-state index contributed by atoms with van der Waals surface area (Å²) < 4.78 is 69.3. The summed E-state index contributed by atoms with van der Waals surface area (Å²) in [5.41, 5.74) is -1.47. The van der Waals surface area contributed by atoms with Crippen molar-refractivity contribution in [1.29, 1.82) is 0 Å². The Morgan fingerprint density at radius 2 is 1.89 bits per heavy atom. The van der Waals surface area contributed by atoms with Gasteiger partial charge in [0, 0.05) is 5.41 Å². The molecule has 28 heavy (non-hydrogen) atoms. The van der Waals surface area contributed by atoms with Crippen molar-refractivity contribution < 1.29 is 30.9 Å².